The summed E-state index contributed by atoms with van der Waals surface area (Å²) in [7, 11) is 0. The second kappa shape index (κ2) is 8.91. The van der Waals surface area contributed by atoms with Gasteiger partial charge in [0.05, 0.1) is 0 Å². The van der Waals surface area contributed by atoms with E-state index in [2.05, 4.69) is 51.1 Å². The molecule has 0 saturated heterocycles. The summed E-state index contributed by atoms with van der Waals surface area (Å²) in [6, 6.07) is 0. The molecule has 0 aromatic rings. The molecule has 0 aliphatic carbocycles. The van der Waals surface area contributed by atoms with Crippen LogP contribution in [0.1, 0.15) is 47.0 Å². The summed E-state index contributed by atoms with van der Waals surface area (Å²) >= 11 is 0. The van der Waals surface area contributed by atoms with Crippen molar-refractivity contribution in [2.45, 2.75) is 47.0 Å². The Morgan fingerprint density at radius 1 is 1.29 bits per heavy atom. The molecule has 0 aliphatic heterocycles. The van der Waals surface area contributed by atoms with Crippen molar-refractivity contribution in [2.75, 3.05) is 13.1 Å². The second-order valence-corrected chi connectivity index (χ2v) is 4.19. The van der Waals surface area contributed by atoms with Gasteiger partial charge in [0.15, 0.2) is 0 Å². The molecule has 0 atom stereocenters. The Bertz CT molecular complexity index is 277. The van der Waals surface area contributed by atoms with Gasteiger partial charge in [0.2, 0.25) is 0 Å². The van der Waals surface area contributed by atoms with E-state index in [1.807, 2.05) is 0 Å². The number of unbranched alkanes of at least 4 members (excludes halogenated alkanes) is 1. The van der Waals surface area contributed by atoms with E-state index in [9.17, 15) is 0 Å². The van der Waals surface area contributed by atoms with Crippen LogP contribution in [0.5, 0.6) is 0 Å². The predicted molar refractivity (Wildman–Crippen MR) is 77.6 cm³/mol. The third kappa shape index (κ3) is 5.12. The molecule has 2 nitrogen and oxygen atoms in total. The maximum atomic E-state index is 4.25. The van der Waals surface area contributed by atoms with E-state index in [0.717, 1.165) is 30.9 Å². The number of hydrogen-bond donors (Lipinski definition) is 1. The molecule has 98 valence electrons. The molecule has 0 aromatic heterocycles. The largest absolute Gasteiger partial charge is 0.372 e. The Kier molecular flexibility index (Phi) is 8.29. The van der Waals surface area contributed by atoms with Crippen molar-refractivity contribution < 1.29 is 0 Å². The van der Waals surface area contributed by atoms with Crippen LogP contribution >= 0.6 is 0 Å². The van der Waals surface area contributed by atoms with Gasteiger partial charge in [-0.2, -0.15) is 0 Å². The van der Waals surface area contributed by atoms with E-state index in [-0.39, 0.29) is 0 Å². The van der Waals surface area contributed by atoms with Gasteiger partial charge in [-0.05, 0) is 38.5 Å². The average Bonchev–Trinajstić information content (AvgIpc) is 2.31. The maximum Gasteiger partial charge on any atom is 0.0342 e. The van der Waals surface area contributed by atoms with Crippen molar-refractivity contribution in [3.05, 3.63) is 36.3 Å². The van der Waals surface area contributed by atoms with Crippen LogP contribution in [0.15, 0.2) is 36.3 Å². The Labute approximate surface area is 107 Å². The SMILES string of the molecule is C=CN/C(C)=C(/CC)C(=C)N(CC)CCCC. The monoisotopic (exact) mass is 236 g/mol. The third-order valence-electron chi connectivity index (χ3n) is 3.02. The van der Waals surface area contributed by atoms with Crippen molar-refractivity contribution in [3.63, 3.8) is 0 Å². The zero-order chi connectivity index (χ0) is 13.3. The average molecular weight is 236 g/mol. The minimum absolute atomic E-state index is 0.994. The summed E-state index contributed by atoms with van der Waals surface area (Å²) in [4.78, 5) is 2.36. The van der Waals surface area contributed by atoms with E-state index in [1.165, 1.54) is 18.4 Å². The summed E-state index contributed by atoms with van der Waals surface area (Å²) in [6.45, 7) is 18.7. The smallest absolute Gasteiger partial charge is 0.0342 e. The first-order chi connectivity index (χ1) is 8.12. The Hall–Kier alpha value is -1.18. The van der Waals surface area contributed by atoms with E-state index in [1.54, 1.807) is 6.20 Å². The van der Waals surface area contributed by atoms with Gasteiger partial charge in [0.1, 0.15) is 0 Å². The number of rotatable bonds is 9. The molecule has 0 saturated carbocycles. The van der Waals surface area contributed by atoms with Gasteiger partial charge in [0, 0.05) is 24.5 Å². The Balaban J connectivity index is 4.81. The topological polar surface area (TPSA) is 15.3 Å². The molecule has 0 aromatic carbocycles. The van der Waals surface area contributed by atoms with Gasteiger partial charge >= 0.3 is 0 Å². The molecule has 0 aliphatic rings. The first-order valence-corrected chi connectivity index (χ1v) is 6.63. The molecule has 0 bridgehead atoms. The van der Waals surface area contributed by atoms with E-state index < -0.39 is 0 Å². The minimum Gasteiger partial charge on any atom is -0.372 e. The molecule has 0 radical (unpaired) electrons. The number of nitrogens with one attached hydrogen (secondary N) is 1. The van der Waals surface area contributed by atoms with Crippen LogP contribution in [0.25, 0.3) is 0 Å². The standard InChI is InChI=1S/C15H28N2/c1-7-11-12-17(10-4)14(6)15(8-2)13(5)16-9-3/h9,16H,3,6-8,10-12H2,1-2,4-5H3/b15-13-. The third-order valence-corrected chi connectivity index (χ3v) is 3.02. The van der Waals surface area contributed by atoms with E-state index in [4.69, 9.17) is 0 Å². The molecular formula is C15H28N2. The van der Waals surface area contributed by atoms with Crippen LogP contribution < -0.4 is 5.32 Å². The van der Waals surface area contributed by atoms with Crippen molar-refractivity contribution in [1.29, 1.82) is 0 Å². The highest BCUT2D eigenvalue weighted by Gasteiger charge is 2.10. The van der Waals surface area contributed by atoms with Crippen LogP contribution in [0.3, 0.4) is 0 Å². The number of hydrogen-bond acceptors (Lipinski definition) is 2. The molecule has 0 amide bonds. The van der Waals surface area contributed by atoms with Crippen LogP contribution in [0, 0.1) is 0 Å². The molecule has 17 heavy (non-hydrogen) atoms. The fraction of sp³-hybridized carbons (Fsp3) is 0.600. The molecule has 1 N–H and O–H groups in total. The lowest BCUT2D eigenvalue weighted by atomic mass is 10.1. The second-order valence-electron chi connectivity index (χ2n) is 4.19. The zero-order valence-electron chi connectivity index (χ0n) is 12.0. The van der Waals surface area contributed by atoms with E-state index in [0.29, 0.717) is 0 Å². The van der Waals surface area contributed by atoms with Crippen molar-refractivity contribution >= 4 is 0 Å². The quantitative estimate of drug-likeness (QED) is 0.608. The molecule has 0 fully saturated rings. The van der Waals surface area contributed by atoms with Crippen LogP contribution in [0.2, 0.25) is 0 Å². The van der Waals surface area contributed by atoms with Crippen LogP contribution in [-0.4, -0.2) is 18.0 Å². The van der Waals surface area contributed by atoms with Gasteiger partial charge in [-0.1, -0.05) is 33.4 Å². The fourth-order valence-electron chi connectivity index (χ4n) is 1.95. The summed E-state index contributed by atoms with van der Waals surface area (Å²) in [6.07, 6.45) is 5.16. The number of likely N-dealkylation sites (N-methyl/N-ethyl adjacent to an activating group) is 1. The summed E-state index contributed by atoms with van der Waals surface area (Å²) in [5, 5.41) is 3.17. The number of nitrogens with zero attached hydrogens (tertiary/aromatic N) is 1. The first kappa shape index (κ1) is 15.8. The van der Waals surface area contributed by atoms with Gasteiger partial charge in [-0.3, -0.25) is 0 Å². The van der Waals surface area contributed by atoms with Crippen molar-refractivity contribution in [1.82, 2.24) is 10.2 Å². The minimum atomic E-state index is 0.994. The van der Waals surface area contributed by atoms with E-state index >= 15 is 0 Å². The van der Waals surface area contributed by atoms with Crippen molar-refractivity contribution in [3.8, 4) is 0 Å². The number of allylic oxidation sites excluding steroid dienone is 2. The molecule has 0 spiro atoms. The lowest BCUT2D eigenvalue weighted by molar-refractivity contribution is 0.359. The van der Waals surface area contributed by atoms with Crippen molar-refractivity contribution in [2.24, 2.45) is 0 Å². The first-order valence-electron chi connectivity index (χ1n) is 6.63. The lowest BCUT2D eigenvalue weighted by Gasteiger charge is -2.27. The predicted octanol–water partition coefficient (Wildman–Crippen LogP) is 4.04. The Morgan fingerprint density at radius 2 is 1.94 bits per heavy atom. The lowest BCUT2D eigenvalue weighted by Crippen LogP contribution is -2.25. The fourth-order valence-corrected chi connectivity index (χ4v) is 1.95. The summed E-state index contributed by atoms with van der Waals surface area (Å²) < 4.78 is 0. The molecular weight excluding hydrogens is 208 g/mol. The van der Waals surface area contributed by atoms with Gasteiger partial charge in [-0.15, -0.1) is 0 Å². The zero-order valence-corrected chi connectivity index (χ0v) is 12.0. The maximum absolute atomic E-state index is 4.25. The molecule has 2 heteroatoms. The molecule has 0 rings (SSSR count). The van der Waals surface area contributed by atoms with Gasteiger partial charge in [0.25, 0.3) is 0 Å². The normalized spacial score (nSPS) is 11.8. The Morgan fingerprint density at radius 3 is 2.35 bits per heavy atom. The highest BCUT2D eigenvalue weighted by atomic mass is 15.1. The molecule has 0 heterocycles. The van der Waals surface area contributed by atoms with Crippen LogP contribution in [0.4, 0.5) is 0 Å². The van der Waals surface area contributed by atoms with Gasteiger partial charge < -0.3 is 10.2 Å². The summed E-state index contributed by atoms with van der Waals surface area (Å²) in [5.41, 5.74) is 3.60. The molecule has 0 unspecified atom stereocenters. The highest BCUT2D eigenvalue weighted by Crippen LogP contribution is 2.20. The highest BCUT2D eigenvalue weighted by molar-refractivity contribution is 5.31. The van der Waals surface area contributed by atoms with Gasteiger partial charge in [-0.25, -0.2) is 0 Å². The summed E-state index contributed by atoms with van der Waals surface area (Å²) in [5.74, 6) is 0. The van der Waals surface area contributed by atoms with Crippen LogP contribution in [-0.2, 0) is 0 Å².